The van der Waals surface area contributed by atoms with Gasteiger partial charge in [0.2, 0.25) is 0 Å². The predicted molar refractivity (Wildman–Crippen MR) is 70.8 cm³/mol. The van der Waals surface area contributed by atoms with E-state index in [4.69, 9.17) is 11.6 Å². The summed E-state index contributed by atoms with van der Waals surface area (Å²) in [4.78, 5) is 12.9. The summed E-state index contributed by atoms with van der Waals surface area (Å²) in [6.45, 7) is 5.32. The molecule has 1 aromatic carbocycles. The van der Waals surface area contributed by atoms with Crippen molar-refractivity contribution in [2.75, 3.05) is 19.6 Å². The summed E-state index contributed by atoms with van der Waals surface area (Å²) in [6, 6.07) is 5.19. The third-order valence-corrected chi connectivity index (χ3v) is 3.65. The summed E-state index contributed by atoms with van der Waals surface area (Å²) in [7, 11) is 0. The number of piperazine rings is 1. The van der Waals surface area contributed by atoms with Crippen LogP contribution in [-0.4, -0.2) is 35.5 Å². The SMILES string of the molecule is CC1CNCCN1Cc1c(Cl)cccc1[N+](=O)[O-]. The summed E-state index contributed by atoms with van der Waals surface area (Å²) >= 11 is 6.09. The van der Waals surface area contributed by atoms with Crippen LogP contribution in [0.2, 0.25) is 5.02 Å². The maximum absolute atomic E-state index is 11.0. The van der Waals surface area contributed by atoms with E-state index in [2.05, 4.69) is 17.1 Å². The second-order valence-corrected chi connectivity index (χ2v) is 4.93. The first-order chi connectivity index (χ1) is 8.59. The lowest BCUT2D eigenvalue weighted by Crippen LogP contribution is -2.49. The molecule has 2 rings (SSSR count). The lowest BCUT2D eigenvalue weighted by molar-refractivity contribution is -0.385. The van der Waals surface area contributed by atoms with Crippen LogP contribution in [0.3, 0.4) is 0 Å². The van der Waals surface area contributed by atoms with Gasteiger partial charge < -0.3 is 5.32 Å². The Bertz CT molecular complexity index is 453. The molecule has 0 aliphatic carbocycles. The number of benzene rings is 1. The lowest BCUT2D eigenvalue weighted by atomic mass is 10.1. The van der Waals surface area contributed by atoms with Crippen molar-refractivity contribution in [1.82, 2.24) is 10.2 Å². The molecule has 98 valence electrons. The average Bonchev–Trinajstić information content (AvgIpc) is 2.34. The van der Waals surface area contributed by atoms with E-state index in [0.29, 0.717) is 23.2 Å². The van der Waals surface area contributed by atoms with E-state index in [9.17, 15) is 10.1 Å². The first-order valence-corrected chi connectivity index (χ1v) is 6.34. The minimum atomic E-state index is -0.367. The summed E-state index contributed by atoms with van der Waals surface area (Å²) in [5.74, 6) is 0. The Kier molecular flexibility index (Phi) is 4.16. The fraction of sp³-hybridized carbons (Fsp3) is 0.500. The average molecular weight is 270 g/mol. The minimum Gasteiger partial charge on any atom is -0.314 e. The second kappa shape index (κ2) is 5.65. The Morgan fingerprint density at radius 2 is 2.39 bits per heavy atom. The summed E-state index contributed by atoms with van der Waals surface area (Å²) < 4.78 is 0. The molecule has 0 radical (unpaired) electrons. The Labute approximate surface area is 111 Å². The van der Waals surface area contributed by atoms with Crippen molar-refractivity contribution in [3.05, 3.63) is 38.9 Å². The van der Waals surface area contributed by atoms with E-state index in [1.807, 2.05) is 0 Å². The second-order valence-electron chi connectivity index (χ2n) is 4.52. The van der Waals surface area contributed by atoms with Crippen LogP contribution in [0.1, 0.15) is 12.5 Å². The van der Waals surface area contributed by atoms with Crippen molar-refractivity contribution in [3.8, 4) is 0 Å². The highest BCUT2D eigenvalue weighted by Gasteiger charge is 2.23. The molecule has 1 saturated heterocycles. The van der Waals surface area contributed by atoms with Gasteiger partial charge in [0, 0.05) is 38.3 Å². The molecule has 1 aliphatic rings. The topological polar surface area (TPSA) is 58.4 Å². The summed E-state index contributed by atoms with van der Waals surface area (Å²) in [5, 5.41) is 14.8. The molecule has 1 atom stereocenters. The molecule has 1 fully saturated rings. The van der Waals surface area contributed by atoms with Gasteiger partial charge in [-0.15, -0.1) is 0 Å². The van der Waals surface area contributed by atoms with Crippen LogP contribution in [-0.2, 0) is 6.54 Å². The highest BCUT2D eigenvalue weighted by Crippen LogP contribution is 2.28. The fourth-order valence-electron chi connectivity index (χ4n) is 2.20. The third-order valence-electron chi connectivity index (χ3n) is 3.29. The normalized spacial score (nSPS) is 20.9. The van der Waals surface area contributed by atoms with Crippen molar-refractivity contribution in [2.24, 2.45) is 0 Å². The molecule has 5 nitrogen and oxygen atoms in total. The maximum Gasteiger partial charge on any atom is 0.275 e. The number of nitro groups is 1. The van der Waals surface area contributed by atoms with Crippen LogP contribution in [0, 0.1) is 10.1 Å². The van der Waals surface area contributed by atoms with Gasteiger partial charge in [-0.3, -0.25) is 15.0 Å². The molecule has 18 heavy (non-hydrogen) atoms. The van der Waals surface area contributed by atoms with Crippen LogP contribution >= 0.6 is 11.6 Å². The van der Waals surface area contributed by atoms with Gasteiger partial charge in [0.25, 0.3) is 5.69 Å². The number of rotatable bonds is 3. The fourth-order valence-corrected chi connectivity index (χ4v) is 2.43. The molecular weight excluding hydrogens is 254 g/mol. The number of hydrogen-bond donors (Lipinski definition) is 1. The van der Waals surface area contributed by atoms with Crippen LogP contribution < -0.4 is 5.32 Å². The molecule has 0 aromatic heterocycles. The Balaban J connectivity index is 2.24. The molecule has 1 aliphatic heterocycles. The van der Waals surface area contributed by atoms with E-state index in [-0.39, 0.29) is 10.6 Å². The Morgan fingerprint density at radius 3 is 3.06 bits per heavy atom. The van der Waals surface area contributed by atoms with Gasteiger partial charge >= 0.3 is 0 Å². The third kappa shape index (κ3) is 2.80. The molecule has 6 heteroatoms. The molecule has 1 unspecified atom stereocenters. The molecule has 1 aromatic rings. The van der Waals surface area contributed by atoms with Gasteiger partial charge in [0.05, 0.1) is 15.5 Å². The highest BCUT2D eigenvalue weighted by molar-refractivity contribution is 6.31. The molecular formula is C12H16ClN3O2. The largest absolute Gasteiger partial charge is 0.314 e. The molecule has 1 N–H and O–H groups in total. The van der Waals surface area contributed by atoms with Crippen molar-refractivity contribution < 1.29 is 4.92 Å². The number of nitrogens with zero attached hydrogens (tertiary/aromatic N) is 2. The van der Waals surface area contributed by atoms with Gasteiger partial charge in [0.15, 0.2) is 0 Å². The van der Waals surface area contributed by atoms with E-state index in [0.717, 1.165) is 19.6 Å². The zero-order valence-corrected chi connectivity index (χ0v) is 11.0. The minimum absolute atomic E-state index is 0.105. The zero-order valence-electron chi connectivity index (χ0n) is 10.2. The monoisotopic (exact) mass is 269 g/mol. The van der Waals surface area contributed by atoms with Crippen LogP contribution in [0.25, 0.3) is 0 Å². The first-order valence-electron chi connectivity index (χ1n) is 5.96. The number of nitrogens with one attached hydrogen (secondary N) is 1. The molecule has 0 spiro atoms. The van der Waals surface area contributed by atoms with Gasteiger partial charge in [0.1, 0.15) is 0 Å². The van der Waals surface area contributed by atoms with Gasteiger partial charge in [-0.05, 0) is 13.0 Å². The van der Waals surface area contributed by atoms with E-state index in [1.165, 1.54) is 6.07 Å². The lowest BCUT2D eigenvalue weighted by Gasteiger charge is -2.33. The van der Waals surface area contributed by atoms with E-state index < -0.39 is 0 Å². The Hall–Kier alpha value is -1.17. The molecule has 0 saturated carbocycles. The van der Waals surface area contributed by atoms with Crippen molar-refractivity contribution in [1.29, 1.82) is 0 Å². The number of nitro benzene ring substituents is 1. The van der Waals surface area contributed by atoms with Gasteiger partial charge in [-0.25, -0.2) is 0 Å². The van der Waals surface area contributed by atoms with Crippen molar-refractivity contribution in [3.63, 3.8) is 0 Å². The smallest absolute Gasteiger partial charge is 0.275 e. The summed E-state index contributed by atoms with van der Waals surface area (Å²) in [6.07, 6.45) is 0. The molecule has 0 bridgehead atoms. The van der Waals surface area contributed by atoms with Crippen LogP contribution in [0.4, 0.5) is 5.69 Å². The quantitative estimate of drug-likeness (QED) is 0.674. The predicted octanol–water partition coefficient (Wildman–Crippen LogP) is 2.04. The van der Waals surface area contributed by atoms with Crippen LogP contribution in [0.15, 0.2) is 18.2 Å². The van der Waals surface area contributed by atoms with Crippen molar-refractivity contribution >= 4 is 17.3 Å². The first kappa shape index (κ1) is 13.3. The van der Waals surface area contributed by atoms with E-state index >= 15 is 0 Å². The molecule has 1 heterocycles. The van der Waals surface area contributed by atoms with Crippen molar-refractivity contribution in [2.45, 2.75) is 19.5 Å². The van der Waals surface area contributed by atoms with Gasteiger partial charge in [-0.1, -0.05) is 17.7 Å². The molecule has 0 amide bonds. The maximum atomic E-state index is 11.0. The number of halogens is 1. The van der Waals surface area contributed by atoms with Gasteiger partial charge in [-0.2, -0.15) is 0 Å². The zero-order chi connectivity index (χ0) is 13.1. The van der Waals surface area contributed by atoms with Crippen LogP contribution in [0.5, 0.6) is 0 Å². The summed E-state index contributed by atoms with van der Waals surface area (Å²) in [5.41, 5.74) is 0.714. The van der Waals surface area contributed by atoms with E-state index in [1.54, 1.807) is 12.1 Å². The number of hydrogen-bond acceptors (Lipinski definition) is 4. The standard InChI is InChI=1S/C12H16ClN3O2/c1-9-7-14-5-6-15(9)8-10-11(13)3-2-4-12(10)16(17)18/h2-4,9,14H,5-8H2,1H3. The Morgan fingerprint density at radius 1 is 1.61 bits per heavy atom. The highest BCUT2D eigenvalue weighted by atomic mass is 35.5.